The zero-order valence-electron chi connectivity index (χ0n) is 19.6. The van der Waals surface area contributed by atoms with Gasteiger partial charge in [0.05, 0.1) is 29.3 Å². The number of pyridine rings is 1. The number of aromatic nitrogens is 2. The molecule has 0 N–H and O–H groups in total. The molecule has 0 atom stereocenters. The van der Waals surface area contributed by atoms with Gasteiger partial charge >= 0.3 is 0 Å². The molecule has 6 nitrogen and oxygen atoms in total. The fraction of sp³-hybridized carbons (Fsp3) is 0.138. The number of anilines is 1. The van der Waals surface area contributed by atoms with Crippen molar-refractivity contribution in [2.45, 2.75) is 19.4 Å². The van der Waals surface area contributed by atoms with Gasteiger partial charge in [-0.05, 0) is 48.9 Å². The molecule has 3 heterocycles. The van der Waals surface area contributed by atoms with E-state index in [9.17, 15) is 4.79 Å². The van der Waals surface area contributed by atoms with Crippen LogP contribution in [0.3, 0.4) is 0 Å². The van der Waals surface area contributed by atoms with Gasteiger partial charge < -0.3 is 9.47 Å². The van der Waals surface area contributed by atoms with E-state index in [1.807, 2.05) is 85.8 Å². The van der Waals surface area contributed by atoms with Crippen LogP contribution in [0.15, 0.2) is 91.3 Å². The molecule has 6 rings (SSSR count). The molecule has 0 radical (unpaired) electrons. The molecule has 0 spiro atoms. The van der Waals surface area contributed by atoms with E-state index < -0.39 is 5.92 Å². The topological polar surface area (TPSA) is 64.5 Å². The fourth-order valence-corrected chi connectivity index (χ4v) is 5.51. The van der Waals surface area contributed by atoms with Crippen LogP contribution >= 0.6 is 11.3 Å². The molecule has 0 fully saturated rings. The van der Waals surface area contributed by atoms with Crippen LogP contribution in [-0.4, -0.2) is 22.5 Å². The van der Waals surface area contributed by atoms with Crippen LogP contribution in [0.1, 0.15) is 29.5 Å². The number of benzene rings is 3. The van der Waals surface area contributed by atoms with E-state index in [0.717, 1.165) is 32.7 Å². The van der Waals surface area contributed by atoms with E-state index in [1.165, 1.54) is 11.3 Å². The molecule has 0 bridgehead atoms. The summed E-state index contributed by atoms with van der Waals surface area (Å²) in [6.45, 7) is 2.90. The molecule has 36 heavy (non-hydrogen) atoms. The third-order valence-electron chi connectivity index (χ3n) is 6.15. The minimum Gasteiger partial charge on any atom is -0.494 e. The van der Waals surface area contributed by atoms with Crippen LogP contribution in [0.2, 0.25) is 0 Å². The minimum atomic E-state index is -0.520. The minimum absolute atomic E-state index is 0.0638. The quantitative estimate of drug-likeness (QED) is 0.268. The highest BCUT2D eigenvalue weighted by atomic mass is 32.1. The van der Waals surface area contributed by atoms with Gasteiger partial charge in [0.25, 0.3) is 0 Å². The zero-order chi connectivity index (χ0) is 24.5. The molecule has 0 saturated carbocycles. The van der Waals surface area contributed by atoms with Gasteiger partial charge in [0.2, 0.25) is 5.91 Å². The first-order valence-electron chi connectivity index (χ1n) is 11.8. The molecule has 3 aromatic carbocycles. The molecule has 178 valence electrons. The molecule has 0 aliphatic carbocycles. The van der Waals surface area contributed by atoms with Gasteiger partial charge in [0.15, 0.2) is 5.13 Å². The Kier molecular flexibility index (Phi) is 5.83. The molecule has 0 saturated heterocycles. The van der Waals surface area contributed by atoms with Crippen molar-refractivity contribution in [3.05, 3.63) is 108 Å². The average molecular weight is 494 g/mol. The largest absolute Gasteiger partial charge is 0.494 e. The second-order valence-electron chi connectivity index (χ2n) is 8.46. The monoisotopic (exact) mass is 493 g/mol. The number of thiazole rings is 1. The van der Waals surface area contributed by atoms with Crippen LogP contribution in [0.4, 0.5) is 5.13 Å². The van der Waals surface area contributed by atoms with E-state index in [2.05, 4.69) is 4.98 Å². The molecule has 1 amide bonds. The maximum atomic E-state index is 14.5. The average Bonchev–Trinajstić information content (AvgIpc) is 3.34. The van der Waals surface area contributed by atoms with Crippen LogP contribution in [0, 0.1) is 0 Å². The highest BCUT2D eigenvalue weighted by Crippen LogP contribution is 2.45. The van der Waals surface area contributed by atoms with Crippen LogP contribution in [0.25, 0.3) is 10.2 Å². The molecule has 0 unspecified atom stereocenters. The van der Waals surface area contributed by atoms with Crippen molar-refractivity contribution >= 4 is 32.6 Å². The number of fused-ring (bicyclic) bond motifs is 3. The van der Waals surface area contributed by atoms with Gasteiger partial charge in [-0.1, -0.05) is 53.8 Å². The lowest BCUT2D eigenvalue weighted by molar-refractivity contribution is -0.119. The van der Waals surface area contributed by atoms with E-state index in [1.54, 1.807) is 17.3 Å². The SMILES string of the molecule is CCOc1ccc2nc(N(Cc3cccnc3)C(=O)C3c4ccccc4Oc4ccccc43)sc2c1. The summed E-state index contributed by atoms with van der Waals surface area (Å²) in [4.78, 5) is 25.3. The summed E-state index contributed by atoms with van der Waals surface area (Å²) < 4.78 is 12.8. The predicted molar refractivity (Wildman–Crippen MR) is 141 cm³/mol. The number of carbonyl (C=O) groups is 1. The molecule has 1 aliphatic rings. The van der Waals surface area contributed by atoms with Gasteiger partial charge in [-0.3, -0.25) is 14.7 Å². The summed E-state index contributed by atoms with van der Waals surface area (Å²) in [5.41, 5.74) is 3.44. The zero-order valence-corrected chi connectivity index (χ0v) is 20.4. The van der Waals surface area contributed by atoms with Crippen molar-refractivity contribution < 1.29 is 14.3 Å². The Morgan fingerprint density at radius 2 is 1.75 bits per heavy atom. The second kappa shape index (κ2) is 9.43. The lowest BCUT2D eigenvalue weighted by Crippen LogP contribution is -2.36. The maximum absolute atomic E-state index is 14.5. The third kappa shape index (κ3) is 4.07. The Balaban J connectivity index is 1.47. The first-order chi connectivity index (χ1) is 17.7. The summed E-state index contributed by atoms with van der Waals surface area (Å²) >= 11 is 1.48. The Labute approximate surface area is 212 Å². The maximum Gasteiger partial charge on any atom is 0.241 e. The van der Waals surface area contributed by atoms with E-state index in [0.29, 0.717) is 29.8 Å². The number of para-hydroxylation sites is 2. The Morgan fingerprint density at radius 3 is 2.44 bits per heavy atom. The van der Waals surface area contributed by atoms with Crippen LogP contribution in [0.5, 0.6) is 17.2 Å². The molecule has 1 aliphatic heterocycles. The standard InChI is InChI=1S/C29H23N3O3S/c1-2-34-20-13-14-23-26(16-20)36-29(31-23)32(18-19-8-7-15-30-17-19)28(33)27-21-9-3-5-11-24(21)35-25-12-6-4-10-22(25)27/h3-17,27H,2,18H2,1H3. The summed E-state index contributed by atoms with van der Waals surface area (Å²) in [5, 5.41) is 0.633. The van der Waals surface area contributed by atoms with Crippen LogP contribution < -0.4 is 14.4 Å². The summed E-state index contributed by atoms with van der Waals surface area (Å²) in [7, 11) is 0. The Hall–Kier alpha value is -4.23. The highest BCUT2D eigenvalue weighted by molar-refractivity contribution is 7.22. The predicted octanol–water partition coefficient (Wildman–Crippen LogP) is 6.56. The normalized spacial score (nSPS) is 12.5. The van der Waals surface area contributed by atoms with Crippen molar-refractivity contribution in [1.82, 2.24) is 9.97 Å². The van der Waals surface area contributed by atoms with E-state index in [-0.39, 0.29) is 5.91 Å². The van der Waals surface area contributed by atoms with Crippen molar-refractivity contribution in [1.29, 1.82) is 0 Å². The molecule has 5 aromatic rings. The number of hydrogen-bond acceptors (Lipinski definition) is 6. The summed E-state index contributed by atoms with van der Waals surface area (Å²) in [6.07, 6.45) is 3.51. The number of hydrogen-bond donors (Lipinski definition) is 0. The first-order valence-corrected chi connectivity index (χ1v) is 12.6. The smallest absolute Gasteiger partial charge is 0.241 e. The van der Waals surface area contributed by atoms with Gasteiger partial charge in [0.1, 0.15) is 17.2 Å². The number of carbonyl (C=O) groups excluding carboxylic acids is 1. The lowest BCUT2D eigenvalue weighted by Gasteiger charge is -2.31. The molecular weight excluding hydrogens is 470 g/mol. The Bertz CT molecular complexity index is 1500. The van der Waals surface area contributed by atoms with Crippen molar-refractivity contribution in [3.8, 4) is 17.2 Å². The first kappa shape index (κ1) is 22.2. The molecule has 2 aromatic heterocycles. The van der Waals surface area contributed by atoms with Gasteiger partial charge in [-0.25, -0.2) is 4.98 Å². The van der Waals surface area contributed by atoms with Gasteiger partial charge in [0, 0.05) is 23.5 Å². The van der Waals surface area contributed by atoms with Gasteiger partial charge in [-0.15, -0.1) is 0 Å². The number of nitrogens with zero attached hydrogens (tertiary/aromatic N) is 3. The highest BCUT2D eigenvalue weighted by Gasteiger charge is 2.36. The number of rotatable bonds is 6. The summed E-state index contributed by atoms with van der Waals surface area (Å²) in [5.74, 6) is 1.60. The molecular formula is C29H23N3O3S. The number of ether oxygens (including phenoxy) is 2. The second-order valence-corrected chi connectivity index (χ2v) is 9.46. The van der Waals surface area contributed by atoms with Crippen molar-refractivity contribution in [2.75, 3.05) is 11.5 Å². The molecule has 7 heteroatoms. The van der Waals surface area contributed by atoms with Crippen molar-refractivity contribution in [3.63, 3.8) is 0 Å². The Morgan fingerprint density at radius 1 is 1.00 bits per heavy atom. The summed E-state index contributed by atoms with van der Waals surface area (Å²) in [6, 6.07) is 25.1. The van der Waals surface area contributed by atoms with Gasteiger partial charge in [-0.2, -0.15) is 0 Å². The lowest BCUT2D eigenvalue weighted by atomic mass is 9.87. The fourth-order valence-electron chi connectivity index (χ4n) is 4.51. The third-order valence-corrected chi connectivity index (χ3v) is 7.19. The number of amides is 1. The van der Waals surface area contributed by atoms with Crippen LogP contribution in [-0.2, 0) is 11.3 Å². The van der Waals surface area contributed by atoms with E-state index in [4.69, 9.17) is 14.5 Å². The van der Waals surface area contributed by atoms with E-state index >= 15 is 0 Å². The van der Waals surface area contributed by atoms with Crippen molar-refractivity contribution in [2.24, 2.45) is 0 Å².